The van der Waals surface area contributed by atoms with Gasteiger partial charge < -0.3 is 14.9 Å². The second kappa shape index (κ2) is 4.86. The molecule has 0 radical (unpaired) electrons. The Hall–Kier alpha value is -1.53. The molecule has 1 aliphatic heterocycles. The second-order valence-electron chi connectivity index (χ2n) is 4.08. The lowest BCUT2D eigenvalue weighted by atomic mass is 9.97. The van der Waals surface area contributed by atoms with Crippen LogP contribution in [0.3, 0.4) is 0 Å². The minimum absolute atomic E-state index is 0.170. The fraction of sp³-hybridized carbons (Fsp3) is 0.455. The van der Waals surface area contributed by atoms with E-state index in [2.05, 4.69) is 4.98 Å². The van der Waals surface area contributed by atoms with Crippen LogP contribution in [0.1, 0.15) is 6.23 Å². The van der Waals surface area contributed by atoms with E-state index in [1.165, 1.54) is 12.3 Å². The summed E-state index contributed by atoms with van der Waals surface area (Å²) in [6, 6.07) is 1.36. The molecule has 0 aromatic carbocycles. The lowest BCUT2D eigenvalue weighted by molar-refractivity contribution is -0.0542. The van der Waals surface area contributed by atoms with Gasteiger partial charge in [0.2, 0.25) is 5.67 Å². The van der Waals surface area contributed by atoms with Crippen LogP contribution in [0.4, 0.5) is 4.39 Å². The third kappa shape index (κ3) is 2.11. The molecular formula is C11H11FN2O4S. The van der Waals surface area contributed by atoms with Gasteiger partial charge >= 0.3 is 5.69 Å². The fourth-order valence-electron chi connectivity index (χ4n) is 1.94. The number of rotatable bonds is 2. The number of hydrogen-bond acceptors (Lipinski definition) is 5. The number of H-pyrrole nitrogens is 1. The molecule has 0 amide bonds. The maximum atomic E-state index is 14.6. The first kappa shape index (κ1) is 13.9. The number of hydrogen-bond donors (Lipinski definition) is 3. The summed E-state index contributed by atoms with van der Waals surface area (Å²) in [5, 5.41) is 18.7. The number of aromatic amines is 1. The predicted octanol–water partition coefficient (Wildman–Crippen LogP) is -0.502. The summed E-state index contributed by atoms with van der Waals surface area (Å²) in [6.45, 7) is -0.622. The van der Waals surface area contributed by atoms with E-state index in [1.54, 1.807) is 5.92 Å². The molecule has 1 aromatic rings. The Bertz CT molecular complexity index is 637. The van der Waals surface area contributed by atoms with Crippen molar-refractivity contribution in [2.75, 3.05) is 6.61 Å². The van der Waals surface area contributed by atoms with Crippen LogP contribution in [0.15, 0.2) is 17.1 Å². The van der Waals surface area contributed by atoms with Gasteiger partial charge in [-0.15, -0.1) is 6.42 Å². The van der Waals surface area contributed by atoms with Crippen LogP contribution in [0.5, 0.6) is 0 Å². The van der Waals surface area contributed by atoms with E-state index in [0.717, 1.165) is 4.57 Å². The van der Waals surface area contributed by atoms with E-state index in [-0.39, 0.29) is 4.64 Å². The molecule has 19 heavy (non-hydrogen) atoms. The van der Waals surface area contributed by atoms with Crippen molar-refractivity contribution in [3.05, 3.63) is 27.4 Å². The molecule has 3 N–H and O–H groups in total. The monoisotopic (exact) mass is 286 g/mol. The van der Waals surface area contributed by atoms with Gasteiger partial charge in [-0.3, -0.25) is 9.55 Å². The van der Waals surface area contributed by atoms with Crippen LogP contribution in [0.2, 0.25) is 0 Å². The SMILES string of the molecule is C#CC1(F)C(O)C(CO)OC1n1ccc(=S)[nH]c1=O. The van der Waals surface area contributed by atoms with Crippen molar-refractivity contribution in [3.8, 4) is 12.3 Å². The zero-order valence-corrected chi connectivity index (χ0v) is 10.4. The van der Waals surface area contributed by atoms with Gasteiger partial charge in [-0.1, -0.05) is 18.1 Å². The smallest absolute Gasteiger partial charge is 0.328 e. The first-order chi connectivity index (χ1) is 8.93. The number of terminal acetylenes is 1. The highest BCUT2D eigenvalue weighted by molar-refractivity contribution is 7.71. The number of ether oxygens (including phenoxy) is 1. The topological polar surface area (TPSA) is 87.5 Å². The van der Waals surface area contributed by atoms with Crippen LogP contribution >= 0.6 is 12.2 Å². The van der Waals surface area contributed by atoms with Crippen LogP contribution in [0, 0.1) is 17.0 Å². The van der Waals surface area contributed by atoms with Crippen molar-refractivity contribution in [3.63, 3.8) is 0 Å². The summed E-state index contributed by atoms with van der Waals surface area (Å²) < 4.78 is 20.7. The van der Waals surface area contributed by atoms with Crippen molar-refractivity contribution in [1.82, 2.24) is 9.55 Å². The Balaban J connectivity index is 2.52. The van der Waals surface area contributed by atoms with E-state index in [1.807, 2.05) is 0 Å². The van der Waals surface area contributed by atoms with Crippen molar-refractivity contribution >= 4 is 12.2 Å². The summed E-state index contributed by atoms with van der Waals surface area (Å²) in [4.78, 5) is 14.0. The molecule has 0 saturated carbocycles. The maximum Gasteiger partial charge on any atom is 0.328 e. The minimum Gasteiger partial charge on any atom is -0.394 e. The Morgan fingerprint density at radius 2 is 2.42 bits per heavy atom. The summed E-state index contributed by atoms with van der Waals surface area (Å²) in [7, 11) is 0. The quantitative estimate of drug-likeness (QED) is 0.504. The molecule has 4 atom stereocenters. The Kier molecular flexibility index (Phi) is 3.56. The Labute approximate surface area is 112 Å². The summed E-state index contributed by atoms with van der Waals surface area (Å²) in [6.07, 6.45) is 1.82. The Morgan fingerprint density at radius 3 is 2.95 bits per heavy atom. The average molecular weight is 286 g/mol. The van der Waals surface area contributed by atoms with Crippen molar-refractivity contribution in [2.24, 2.45) is 0 Å². The molecule has 2 heterocycles. The standard InChI is InChI=1S/C11H11FN2O4S/c1-2-11(12)8(16)6(5-15)18-9(11)14-4-3-7(19)13-10(14)17/h1,3-4,6,8-9,15-16H,5H2,(H,13,17,19). The highest BCUT2D eigenvalue weighted by atomic mass is 32.1. The van der Waals surface area contributed by atoms with Gasteiger partial charge in [0.25, 0.3) is 0 Å². The van der Waals surface area contributed by atoms with Crippen LogP contribution < -0.4 is 5.69 Å². The molecule has 8 heteroatoms. The maximum absolute atomic E-state index is 14.6. The van der Waals surface area contributed by atoms with E-state index in [4.69, 9.17) is 28.5 Å². The van der Waals surface area contributed by atoms with Gasteiger partial charge in [-0.2, -0.15) is 0 Å². The van der Waals surface area contributed by atoms with Crippen molar-refractivity contribution in [2.45, 2.75) is 24.1 Å². The lowest BCUT2D eigenvalue weighted by Crippen LogP contribution is -2.44. The van der Waals surface area contributed by atoms with Gasteiger partial charge in [0.1, 0.15) is 16.8 Å². The molecule has 1 aromatic heterocycles. The number of halogens is 1. The van der Waals surface area contributed by atoms with Crippen LogP contribution in [-0.2, 0) is 4.74 Å². The summed E-state index contributed by atoms with van der Waals surface area (Å²) in [5.74, 6) is 1.79. The molecule has 6 nitrogen and oxygen atoms in total. The lowest BCUT2D eigenvalue weighted by Gasteiger charge is -2.23. The van der Waals surface area contributed by atoms with Crippen LogP contribution in [0.25, 0.3) is 0 Å². The molecule has 4 unspecified atom stereocenters. The number of nitrogens with zero attached hydrogens (tertiary/aromatic N) is 1. The fourth-order valence-corrected chi connectivity index (χ4v) is 2.08. The van der Waals surface area contributed by atoms with Gasteiger partial charge in [0.05, 0.1) is 6.61 Å². The average Bonchev–Trinajstić information content (AvgIpc) is 2.63. The van der Waals surface area contributed by atoms with Gasteiger partial charge in [-0.25, -0.2) is 9.18 Å². The van der Waals surface area contributed by atoms with E-state index >= 15 is 0 Å². The number of nitrogens with one attached hydrogen (secondary N) is 1. The van der Waals surface area contributed by atoms with Crippen molar-refractivity contribution in [1.29, 1.82) is 0 Å². The first-order valence-electron chi connectivity index (χ1n) is 5.36. The zero-order valence-electron chi connectivity index (χ0n) is 9.62. The highest BCUT2D eigenvalue weighted by Gasteiger charge is 2.57. The van der Waals surface area contributed by atoms with Crippen LogP contribution in [-0.4, -0.2) is 44.2 Å². The second-order valence-corrected chi connectivity index (χ2v) is 4.52. The molecule has 102 valence electrons. The number of aliphatic hydroxyl groups excluding tert-OH is 2. The molecular weight excluding hydrogens is 275 g/mol. The van der Waals surface area contributed by atoms with E-state index < -0.39 is 36.4 Å². The van der Waals surface area contributed by atoms with E-state index in [9.17, 15) is 14.3 Å². The highest BCUT2D eigenvalue weighted by Crippen LogP contribution is 2.40. The molecule has 2 rings (SSSR count). The molecule has 0 spiro atoms. The van der Waals surface area contributed by atoms with Gasteiger partial charge in [0, 0.05) is 6.20 Å². The van der Waals surface area contributed by atoms with Gasteiger partial charge in [0.15, 0.2) is 6.23 Å². The number of alkyl halides is 1. The zero-order chi connectivity index (χ0) is 14.2. The summed E-state index contributed by atoms with van der Waals surface area (Å²) in [5.41, 5.74) is -3.34. The molecule has 1 aliphatic rings. The van der Waals surface area contributed by atoms with Gasteiger partial charge in [-0.05, 0) is 6.07 Å². The minimum atomic E-state index is -2.62. The Morgan fingerprint density at radius 1 is 1.74 bits per heavy atom. The molecule has 0 aliphatic carbocycles. The number of aromatic nitrogens is 2. The third-order valence-corrected chi connectivity index (χ3v) is 3.19. The molecule has 1 saturated heterocycles. The first-order valence-corrected chi connectivity index (χ1v) is 5.77. The number of aliphatic hydroxyl groups is 2. The molecule has 0 bridgehead atoms. The predicted molar refractivity (Wildman–Crippen MR) is 65.6 cm³/mol. The largest absolute Gasteiger partial charge is 0.394 e. The molecule has 1 fully saturated rings. The summed E-state index contributed by atoms with van der Waals surface area (Å²) >= 11 is 4.76. The van der Waals surface area contributed by atoms with Crippen molar-refractivity contribution < 1.29 is 19.3 Å². The normalized spacial score (nSPS) is 34.1. The third-order valence-electron chi connectivity index (χ3n) is 2.95. The van der Waals surface area contributed by atoms with E-state index in [0.29, 0.717) is 0 Å².